The van der Waals surface area contributed by atoms with Crippen molar-refractivity contribution in [3.63, 3.8) is 0 Å². The van der Waals surface area contributed by atoms with Gasteiger partial charge in [0.2, 0.25) is 0 Å². The smallest absolute Gasteiger partial charge is 0.0678 e. The molecular formula is C8H13NO. The molecule has 1 unspecified atom stereocenters. The molecule has 0 radical (unpaired) electrons. The highest BCUT2D eigenvalue weighted by Gasteiger charge is 2.10. The highest BCUT2D eigenvalue weighted by atomic mass is 16.3. The highest BCUT2D eigenvalue weighted by Crippen LogP contribution is 2.14. The third-order valence-electron chi connectivity index (χ3n) is 1.80. The number of hydrogen-bond acceptors (Lipinski definition) is 2. The fourth-order valence-electron chi connectivity index (χ4n) is 1.02. The third kappa shape index (κ3) is 1.46. The Balaban J connectivity index is 2.66. The summed E-state index contributed by atoms with van der Waals surface area (Å²) in [6.45, 7) is 2.16. The molecule has 0 fully saturated rings. The van der Waals surface area contributed by atoms with E-state index in [2.05, 4.69) is 0 Å². The van der Waals surface area contributed by atoms with Crippen LogP contribution in [0.3, 0.4) is 0 Å². The van der Waals surface area contributed by atoms with E-state index in [9.17, 15) is 0 Å². The van der Waals surface area contributed by atoms with Crippen LogP contribution in [0, 0.1) is 5.92 Å². The molecular weight excluding hydrogens is 126 g/mol. The summed E-state index contributed by atoms with van der Waals surface area (Å²) in [6, 6.07) is 0.121. The summed E-state index contributed by atoms with van der Waals surface area (Å²) in [4.78, 5) is 0. The molecule has 0 amide bonds. The minimum Gasteiger partial charge on any atom is -0.392 e. The van der Waals surface area contributed by atoms with Gasteiger partial charge in [0.1, 0.15) is 0 Å². The van der Waals surface area contributed by atoms with E-state index in [0.717, 1.165) is 5.57 Å². The molecule has 10 heavy (non-hydrogen) atoms. The van der Waals surface area contributed by atoms with Gasteiger partial charge in [0, 0.05) is 6.04 Å². The van der Waals surface area contributed by atoms with Crippen molar-refractivity contribution >= 4 is 0 Å². The van der Waals surface area contributed by atoms with E-state index >= 15 is 0 Å². The van der Waals surface area contributed by atoms with Gasteiger partial charge >= 0.3 is 0 Å². The van der Waals surface area contributed by atoms with Crippen LogP contribution in [0.1, 0.15) is 6.92 Å². The summed E-state index contributed by atoms with van der Waals surface area (Å²) in [5.41, 5.74) is 6.65. The second-order valence-corrected chi connectivity index (χ2v) is 2.70. The summed E-state index contributed by atoms with van der Waals surface area (Å²) < 4.78 is 0. The zero-order chi connectivity index (χ0) is 7.56. The van der Waals surface area contributed by atoms with Gasteiger partial charge in [-0.3, -0.25) is 0 Å². The Morgan fingerprint density at radius 2 is 2.40 bits per heavy atom. The first-order valence-corrected chi connectivity index (χ1v) is 3.49. The maximum absolute atomic E-state index is 8.73. The van der Waals surface area contributed by atoms with E-state index in [1.165, 1.54) is 0 Å². The molecule has 0 aromatic rings. The lowest BCUT2D eigenvalue weighted by molar-refractivity contribution is 0.332. The lowest BCUT2D eigenvalue weighted by Crippen LogP contribution is -2.26. The second kappa shape index (κ2) is 2.99. The number of nitrogens with two attached hydrogens (primary N) is 1. The monoisotopic (exact) mass is 139 g/mol. The molecule has 0 spiro atoms. The van der Waals surface area contributed by atoms with E-state index in [4.69, 9.17) is 10.8 Å². The Morgan fingerprint density at radius 3 is 2.90 bits per heavy atom. The van der Waals surface area contributed by atoms with Crippen molar-refractivity contribution in [2.45, 2.75) is 13.0 Å². The van der Waals surface area contributed by atoms with Gasteiger partial charge < -0.3 is 10.8 Å². The Hall–Kier alpha value is -0.600. The fourth-order valence-corrected chi connectivity index (χ4v) is 1.02. The van der Waals surface area contributed by atoms with E-state index in [-0.39, 0.29) is 12.6 Å². The first-order chi connectivity index (χ1) is 4.74. The molecule has 3 N–H and O–H groups in total. The standard InChI is InChI=1S/C8H13NO/c1-6-4-7(5-10)2-3-8(6)9/h2-4,6,8,10H,5,9H2,1H3/t6-,8?/m0/s1. The first-order valence-electron chi connectivity index (χ1n) is 3.49. The molecule has 1 aliphatic rings. The molecule has 1 rings (SSSR count). The predicted octanol–water partition coefficient (Wildman–Crippen LogP) is 0.438. The van der Waals surface area contributed by atoms with Crippen LogP contribution >= 0.6 is 0 Å². The maximum Gasteiger partial charge on any atom is 0.0678 e. The van der Waals surface area contributed by atoms with Crippen molar-refractivity contribution in [2.75, 3.05) is 6.61 Å². The van der Waals surface area contributed by atoms with Gasteiger partial charge in [-0.2, -0.15) is 0 Å². The van der Waals surface area contributed by atoms with Crippen LogP contribution in [-0.4, -0.2) is 17.8 Å². The van der Waals surface area contributed by atoms with Crippen LogP contribution in [0.2, 0.25) is 0 Å². The van der Waals surface area contributed by atoms with Crippen molar-refractivity contribution < 1.29 is 5.11 Å². The summed E-state index contributed by atoms with van der Waals surface area (Å²) in [6.07, 6.45) is 5.81. The maximum atomic E-state index is 8.73. The van der Waals surface area contributed by atoms with Crippen molar-refractivity contribution in [3.05, 3.63) is 23.8 Å². The quantitative estimate of drug-likeness (QED) is 0.553. The number of aliphatic hydroxyl groups is 1. The molecule has 56 valence electrons. The summed E-state index contributed by atoms with van der Waals surface area (Å²) >= 11 is 0. The van der Waals surface area contributed by atoms with Gasteiger partial charge in [0.25, 0.3) is 0 Å². The first kappa shape index (κ1) is 7.51. The molecule has 0 saturated carbocycles. The van der Waals surface area contributed by atoms with E-state index in [0.29, 0.717) is 5.92 Å². The summed E-state index contributed by atoms with van der Waals surface area (Å²) in [7, 11) is 0. The third-order valence-corrected chi connectivity index (χ3v) is 1.80. The molecule has 0 aromatic carbocycles. The Morgan fingerprint density at radius 1 is 1.70 bits per heavy atom. The largest absolute Gasteiger partial charge is 0.392 e. The molecule has 2 nitrogen and oxygen atoms in total. The average Bonchev–Trinajstić information content (AvgIpc) is 1.95. The Labute approximate surface area is 61.0 Å². The topological polar surface area (TPSA) is 46.2 Å². The van der Waals surface area contributed by atoms with Crippen LogP contribution in [0.25, 0.3) is 0 Å². The molecule has 0 saturated heterocycles. The fraction of sp³-hybridized carbons (Fsp3) is 0.500. The van der Waals surface area contributed by atoms with Gasteiger partial charge in [-0.1, -0.05) is 25.2 Å². The number of hydrogen-bond donors (Lipinski definition) is 2. The minimum atomic E-state index is 0.119. The molecule has 0 heterocycles. The van der Waals surface area contributed by atoms with Crippen LogP contribution in [0.4, 0.5) is 0 Å². The minimum absolute atomic E-state index is 0.119. The molecule has 2 atom stereocenters. The molecule has 1 aliphatic carbocycles. The highest BCUT2D eigenvalue weighted by molar-refractivity contribution is 5.26. The van der Waals surface area contributed by atoms with Crippen LogP contribution in [0.15, 0.2) is 23.8 Å². The van der Waals surface area contributed by atoms with E-state index in [1.54, 1.807) is 0 Å². The van der Waals surface area contributed by atoms with Gasteiger partial charge in [0.05, 0.1) is 6.61 Å². The number of rotatable bonds is 1. The average molecular weight is 139 g/mol. The lowest BCUT2D eigenvalue weighted by atomic mass is 9.94. The van der Waals surface area contributed by atoms with Crippen LogP contribution in [-0.2, 0) is 0 Å². The van der Waals surface area contributed by atoms with Gasteiger partial charge in [-0.05, 0) is 11.5 Å². The molecule has 2 heteroatoms. The summed E-state index contributed by atoms with van der Waals surface area (Å²) in [5, 5.41) is 8.73. The predicted molar refractivity (Wildman–Crippen MR) is 41.4 cm³/mol. The lowest BCUT2D eigenvalue weighted by Gasteiger charge is -2.17. The van der Waals surface area contributed by atoms with Gasteiger partial charge in [0.15, 0.2) is 0 Å². The SMILES string of the molecule is C[C@H]1C=C(CO)C=CC1N. The normalized spacial score (nSPS) is 32.1. The zero-order valence-electron chi connectivity index (χ0n) is 6.12. The zero-order valence-corrected chi connectivity index (χ0v) is 6.12. The Kier molecular flexibility index (Phi) is 2.25. The number of aliphatic hydroxyl groups excluding tert-OH is 1. The van der Waals surface area contributed by atoms with Crippen molar-refractivity contribution in [2.24, 2.45) is 11.7 Å². The van der Waals surface area contributed by atoms with Crippen molar-refractivity contribution in [3.8, 4) is 0 Å². The molecule has 0 bridgehead atoms. The molecule has 0 aliphatic heterocycles. The Bertz CT molecular complexity index is 172. The van der Waals surface area contributed by atoms with Crippen LogP contribution < -0.4 is 5.73 Å². The van der Waals surface area contributed by atoms with E-state index in [1.807, 2.05) is 25.2 Å². The second-order valence-electron chi connectivity index (χ2n) is 2.70. The van der Waals surface area contributed by atoms with E-state index < -0.39 is 0 Å². The van der Waals surface area contributed by atoms with Crippen molar-refractivity contribution in [1.29, 1.82) is 0 Å². The van der Waals surface area contributed by atoms with Crippen molar-refractivity contribution in [1.82, 2.24) is 0 Å². The van der Waals surface area contributed by atoms with Gasteiger partial charge in [-0.25, -0.2) is 0 Å². The summed E-state index contributed by atoms with van der Waals surface area (Å²) in [5.74, 6) is 0.354. The van der Waals surface area contributed by atoms with Crippen LogP contribution in [0.5, 0.6) is 0 Å². The van der Waals surface area contributed by atoms with Gasteiger partial charge in [-0.15, -0.1) is 0 Å². The molecule has 0 aromatic heterocycles.